The van der Waals surface area contributed by atoms with Crippen molar-refractivity contribution in [1.29, 1.82) is 0 Å². The zero-order valence-corrected chi connectivity index (χ0v) is 9.17. The molecule has 2 rings (SSSR count). The molecule has 0 aromatic rings. The molecule has 2 saturated carbocycles. The molecule has 0 saturated heterocycles. The van der Waals surface area contributed by atoms with E-state index in [0.29, 0.717) is 6.04 Å². The van der Waals surface area contributed by atoms with Crippen LogP contribution in [0.3, 0.4) is 0 Å². The van der Waals surface area contributed by atoms with Gasteiger partial charge in [-0.2, -0.15) is 0 Å². The molecule has 0 unspecified atom stereocenters. The molecular weight excluding hydrogens is 162 g/mol. The van der Waals surface area contributed by atoms with Gasteiger partial charge in [0.25, 0.3) is 0 Å². The first-order valence-corrected chi connectivity index (χ1v) is 5.27. The van der Waals surface area contributed by atoms with E-state index >= 15 is 0 Å². The highest BCUT2D eigenvalue weighted by molar-refractivity contribution is 5.14. The summed E-state index contributed by atoms with van der Waals surface area (Å²) in [5, 5.41) is 10.5. The van der Waals surface area contributed by atoms with E-state index in [1.165, 1.54) is 6.42 Å². The Morgan fingerprint density at radius 1 is 1.31 bits per heavy atom. The Labute approximate surface area is 80.9 Å². The maximum absolute atomic E-state index is 10.5. The van der Waals surface area contributed by atoms with Gasteiger partial charge in [-0.15, -0.1) is 0 Å². The van der Waals surface area contributed by atoms with Crippen LogP contribution in [-0.2, 0) is 0 Å². The summed E-state index contributed by atoms with van der Waals surface area (Å²) in [6, 6.07) is 0.346. The van der Waals surface area contributed by atoms with Gasteiger partial charge in [0, 0.05) is 6.04 Å². The minimum Gasteiger partial charge on any atom is -0.388 e. The number of hydrogen-bond donors (Lipinski definition) is 1. The van der Waals surface area contributed by atoms with Crippen LogP contribution in [-0.4, -0.2) is 35.7 Å². The molecular formula is C11H21NO. The fourth-order valence-corrected chi connectivity index (χ4v) is 4.00. The van der Waals surface area contributed by atoms with Gasteiger partial charge in [0.15, 0.2) is 0 Å². The van der Waals surface area contributed by atoms with Crippen molar-refractivity contribution < 1.29 is 5.11 Å². The molecule has 0 amide bonds. The normalized spacial score (nSPS) is 47.5. The van der Waals surface area contributed by atoms with E-state index in [-0.39, 0.29) is 5.41 Å². The molecule has 0 spiro atoms. The molecule has 0 aromatic carbocycles. The number of aliphatic hydroxyl groups is 1. The third kappa shape index (κ3) is 1.08. The third-order valence-corrected chi connectivity index (χ3v) is 4.31. The molecule has 0 aliphatic heterocycles. The summed E-state index contributed by atoms with van der Waals surface area (Å²) < 4.78 is 0. The highest BCUT2D eigenvalue weighted by Crippen LogP contribution is 2.58. The Bertz CT molecular complexity index is 219. The summed E-state index contributed by atoms with van der Waals surface area (Å²) in [6.45, 7) is 4.61. The fraction of sp³-hybridized carbons (Fsp3) is 1.00. The lowest BCUT2D eigenvalue weighted by Crippen LogP contribution is -2.54. The van der Waals surface area contributed by atoms with Gasteiger partial charge in [-0.3, -0.25) is 0 Å². The van der Waals surface area contributed by atoms with Gasteiger partial charge < -0.3 is 10.0 Å². The van der Waals surface area contributed by atoms with Gasteiger partial charge in [-0.1, -0.05) is 13.8 Å². The van der Waals surface area contributed by atoms with Crippen LogP contribution in [0.2, 0.25) is 0 Å². The van der Waals surface area contributed by atoms with E-state index < -0.39 is 5.60 Å². The number of rotatable bonds is 1. The minimum absolute atomic E-state index is 0.288. The largest absolute Gasteiger partial charge is 0.388 e. The molecule has 3 atom stereocenters. The molecule has 2 bridgehead atoms. The maximum atomic E-state index is 10.5. The molecule has 2 heteroatoms. The molecule has 13 heavy (non-hydrogen) atoms. The monoisotopic (exact) mass is 183 g/mol. The highest BCUT2D eigenvalue weighted by Gasteiger charge is 2.61. The summed E-state index contributed by atoms with van der Waals surface area (Å²) in [4.78, 5) is 2.21. The molecule has 2 aliphatic carbocycles. The van der Waals surface area contributed by atoms with Crippen LogP contribution >= 0.6 is 0 Å². The Morgan fingerprint density at radius 3 is 2.23 bits per heavy atom. The average molecular weight is 183 g/mol. The summed E-state index contributed by atoms with van der Waals surface area (Å²) in [6.07, 6.45) is 3.24. The number of hydrogen-bond acceptors (Lipinski definition) is 2. The second-order valence-electron chi connectivity index (χ2n) is 5.73. The van der Waals surface area contributed by atoms with E-state index in [2.05, 4.69) is 32.8 Å². The van der Waals surface area contributed by atoms with E-state index in [1.54, 1.807) is 0 Å². The predicted molar refractivity (Wildman–Crippen MR) is 53.5 cm³/mol. The zero-order chi connectivity index (χ0) is 9.85. The Kier molecular flexibility index (Phi) is 1.81. The third-order valence-electron chi connectivity index (χ3n) is 4.31. The van der Waals surface area contributed by atoms with Crippen molar-refractivity contribution in [1.82, 2.24) is 4.90 Å². The first kappa shape index (κ1) is 9.47. The molecule has 2 aliphatic rings. The number of nitrogens with zero attached hydrogens (tertiary/aromatic N) is 1. The van der Waals surface area contributed by atoms with Crippen LogP contribution in [0, 0.1) is 11.3 Å². The quantitative estimate of drug-likeness (QED) is 0.665. The molecule has 0 aromatic heterocycles. The van der Waals surface area contributed by atoms with Gasteiger partial charge in [-0.25, -0.2) is 0 Å². The van der Waals surface area contributed by atoms with Gasteiger partial charge in [-0.05, 0) is 44.7 Å². The van der Waals surface area contributed by atoms with E-state index in [0.717, 1.165) is 18.8 Å². The summed E-state index contributed by atoms with van der Waals surface area (Å²) in [5.41, 5.74) is -0.103. The van der Waals surface area contributed by atoms with Crippen molar-refractivity contribution >= 4 is 0 Å². The lowest BCUT2D eigenvalue weighted by atomic mass is 9.71. The SMILES string of the molecule is CN(C)[C@H]1C(C)(C)[C@H]2CC[C@]1(O)C2. The van der Waals surface area contributed by atoms with E-state index in [1.807, 2.05) is 0 Å². The van der Waals surface area contributed by atoms with Crippen LogP contribution in [0.4, 0.5) is 0 Å². The van der Waals surface area contributed by atoms with Gasteiger partial charge in [0.2, 0.25) is 0 Å². The topological polar surface area (TPSA) is 23.5 Å². The molecule has 0 radical (unpaired) electrons. The first-order chi connectivity index (χ1) is 5.88. The van der Waals surface area contributed by atoms with Crippen molar-refractivity contribution in [3.63, 3.8) is 0 Å². The Balaban J connectivity index is 2.34. The Morgan fingerprint density at radius 2 is 1.92 bits per heavy atom. The van der Waals surface area contributed by atoms with Crippen LogP contribution in [0.1, 0.15) is 33.1 Å². The summed E-state index contributed by atoms with van der Waals surface area (Å²) in [7, 11) is 4.18. The standard InChI is InChI=1S/C11H21NO/c1-10(2)8-5-6-11(13,7-8)9(10)12(3)4/h8-9,13H,5-7H2,1-4H3/t8-,9-,11-/m0/s1. The molecule has 2 fully saturated rings. The lowest BCUT2D eigenvalue weighted by molar-refractivity contribution is -0.0546. The molecule has 0 heterocycles. The fourth-order valence-electron chi connectivity index (χ4n) is 4.00. The van der Waals surface area contributed by atoms with Gasteiger partial charge in [0.1, 0.15) is 0 Å². The summed E-state index contributed by atoms with van der Waals surface area (Å²) >= 11 is 0. The minimum atomic E-state index is -0.391. The smallest absolute Gasteiger partial charge is 0.0810 e. The van der Waals surface area contributed by atoms with Crippen LogP contribution < -0.4 is 0 Å². The average Bonchev–Trinajstić information content (AvgIpc) is 2.36. The number of likely N-dealkylation sites (N-methyl/N-ethyl adjacent to an activating group) is 1. The Hall–Kier alpha value is -0.0800. The van der Waals surface area contributed by atoms with Crippen LogP contribution in [0.25, 0.3) is 0 Å². The summed E-state index contributed by atoms with van der Waals surface area (Å²) in [5.74, 6) is 0.727. The van der Waals surface area contributed by atoms with Gasteiger partial charge in [0.05, 0.1) is 5.60 Å². The van der Waals surface area contributed by atoms with E-state index in [9.17, 15) is 5.11 Å². The lowest BCUT2D eigenvalue weighted by Gasteiger charge is -2.45. The van der Waals surface area contributed by atoms with Crippen molar-refractivity contribution in [3.05, 3.63) is 0 Å². The van der Waals surface area contributed by atoms with Crippen molar-refractivity contribution in [2.45, 2.75) is 44.8 Å². The second-order valence-corrected chi connectivity index (χ2v) is 5.73. The maximum Gasteiger partial charge on any atom is 0.0810 e. The number of fused-ring (bicyclic) bond motifs is 2. The van der Waals surface area contributed by atoms with Crippen molar-refractivity contribution in [2.75, 3.05) is 14.1 Å². The highest BCUT2D eigenvalue weighted by atomic mass is 16.3. The molecule has 1 N–H and O–H groups in total. The first-order valence-electron chi connectivity index (χ1n) is 5.27. The molecule has 2 nitrogen and oxygen atoms in total. The van der Waals surface area contributed by atoms with Crippen molar-refractivity contribution in [3.8, 4) is 0 Å². The van der Waals surface area contributed by atoms with Crippen molar-refractivity contribution in [2.24, 2.45) is 11.3 Å². The zero-order valence-electron chi connectivity index (χ0n) is 9.17. The predicted octanol–water partition coefficient (Wildman–Crippen LogP) is 1.49. The second kappa shape index (κ2) is 2.48. The van der Waals surface area contributed by atoms with Crippen LogP contribution in [0.5, 0.6) is 0 Å². The van der Waals surface area contributed by atoms with Gasteiger partial charge >= 0.3 is 0 Å². The molecule has 76 valence electrons. The van der Waals surface area contributed by atoms with E-state index in [4.69, 9.17) is 0 Å². The van der Waals surface area contributed by atoms with Crippen LogP contribution in [0.15, 0.2) is 0 Å².